The van der Waals surface area contributed by atoms with Gasteiger partial charge in [0.25, 0.3) is 0 Å². The number of benzene rings is 2. The minimum atomic E-state index is -0.0982. The van der Waals surface area contributed by atoms with Gasteiger partial charge in [0.15, 0.2) is 5.78 Å². The molecule has 0 fully saturated rings. The molecule has 0 radical (unpaired) electrons. The topological polar surface area (TPSA) is 54.5 Å². The highest BCUT2D eigenvalue weighted by molar-refractivity contribution is 5.94. The highest BCUT2D eigenvalue weighted by Gasteiger charge is 2.14. The van der Waals surface area contributed by atoms with Crippen molar-refractivity contribution in [3.8, 4) is 0 Å². The first-order valence-corrected chi connectivity index (χ1v) is 7.45. The molecule has 0 N–H and O–H groups in total. The van der Waals surface area contributed by atoms with E-state index in [1.54, 1.807) is 12.1 Å². The van der Waals surface area contributed by atoms with Crippen LogP contribution < -0.4 is 0 Å². The molecular formula is C19H19NO3. The number of carbonyl (C=O) groups excluding carboxylic acids is 3. The summed E-state index contributed by atoms with van der Waals surface area (Å²) >= 11 is 0. The van der Waals surface area contributed by atoms with Crippen molar-refractivity contribution in [3.63, 3.8) is 0 Å². The summed E-state index contributed by atoms with van der Waals surface area (Å²) in [6.07, 6.45) is 0.993. The third-order valence-corrected chi connectivity index (χ3v) is 3.58. The van der Waals surface area contributed by atoms with Crippen LogP contribution in [-0.2, 0) is 22.6 Å². The van der Waals surface area contributed by atoms with Gasteiger partial charge in [-0.05, 0) is 18.1 Å². The van der Waals surface area contributed by atoms with E-state index in [1.165, 1.54) is 11.8 Å². The second-order valence-corrected chi connectivity index (χ2v) is 5.36. The number of hydrogen-bond acceptors (Lipinski definition) is 3. The van der Waals surface area contributed by atoms with Gasteiger partial charge < -0.3 is 9.69 Å². The number of aldehydes is 1. The number of ketones is 1. The number of nitrogens with zero attached hydrogens (tertiary/aromatic N) is 1. The van der Waals surface area contributed by atoms with Gasteiger partial charge in [0.1, 0.15) is 6.29 Å². The fourth-order valence-corrected chi connectivity index (χ4v) is 2.29. The predicted octanol–water partition coefficient (Wildman–Crippen LogP) is 2.66. The van der Waals surface area contributed by atoms with Crippen LogP contribution in [0, 0.1) is 0 Å². The average molecular weight is 309 g/mol. The molecule has 2 rings (SSSR count). The zero-order valence-corrected chi connectivity index (χ0v) is 13.1. The number of carbonyl (C=O) groups is 3. The second-order valence-electron chi connectivity index (χ2n) is 5.36. The highest BCUT2D eigenvalue weighted by Crippen LogP contribution is 2.10. The van der Waals surface area contributed by atoms with Gasteiger partial charge in [-0.25, -0.2) is 0 Å². The first kappa shape index (κ1) is 16.6. The summed E-state index contributed by atoms with van der Waals surface area (Å²) in [7, 11) is 0. The van der Waals surface area contributed by atoms with Crippen molar-refractivity contribution in [1.29, 1.82) is 0 Å². The van der Waals surface area contributed by atoms with Gasteiger partial charge in [-0.15, -0.1) is 0 Å². The molecule has 2 aromatic carbocycles. The Balaban J connectivity index is 2.06. The van der Waals surface area contributed by atoms with Crippen LogP contribution in [0.1, 0.15) is 28.4 Å². The van der Waals surface area contributed by atoms with Gasteiger partial charge in [0.05, 0.1) is 13.0 Å². The first-order chi connectivity index (χ1) is 11.1. The standard InChI is InChI=1S/C19H19NO3/c1-15(22)18-9-7-17(8-10-18)14-20(11-12-21)19(23)13-16-5-3-2-4-6-16/h2-10,12H,11,13-14H2,1H3. The van der Waals surface area contributed by atoms with E-state index < -0.39 is 0 Å². The van der Waals surface area contributed by atoms with E-state index in [2.05, 4.69) is 0 Å². The molecule has 4 heteroatoms. The van der Waals surface area contributed by atoms with Gasteiger partial charge in [0.2, 0.25) is 5.91 Å². The number of amides is 1. The molecule has 4 nitrogen and oxygen atoms in total. The zero-order valence-electron chi connectivity index (χ0n) is 13.1. The SMILES string of the molecule is CC(=O)c1ccc(CN(CC=O)C(=O)Cc2ccccc2)cc1. The maximum atomic E-state index is 12.4. The number of Topliss-reactive ketones (excluding diaryl/α,β-unsaturated/α-hetero) is 1. The smallest absolute Gasteiger partial charge is 0.227 e. The average Bonchev–Trinajstić information content (AvgIpc) is 2.56. The van der Waals surface area contributed by atoms with Gasteiger partial charge in [-0.3, -0.25) is 9.59 Å². The van der Waals surface area contributed by atoms with Crippen molar-refractivity contribution in [3.05, 3.63) is 71.3 Å². The molecule has 0 aliphatic heterocycles. The summed E-state index contributed by atoms with van der Waals surface area (Å²) in [5.41, 5.74) is 2.44. The molecule has 23 heavy (non-hydrogen) atoms. The molecule has 0 unspecified atom stereocenters. The van der Waals surface area contributed by atoms with E-state index in [0.717, 1.165) is 17.4 Å². The molecule has 0 heterocycles. The number of rotatable bonds is 7. The first-order valence-electron chi connectivity index (χ1n) is 7.45. The lowest BCUT2D eigenvalue weighted by molar-refractivity contribution is -0.133. The van der Waals surface area contributed by atoms with Crippen LogP contribution >= 0.6 is 0 Å². The van der Waals surface area contributed by atoms with Gasteiger partial charge >= 0.3 is 0 Å². The summed E-state index contributed by atoms with van der Waals surface area (Å²) < 4.78 is 0. The van der Waals surface area contributed by atoms with Crippen molar-refractivity contribution in [2.75, 3.05) is 6.54 Å². The lowest BCUT2D eigenvalue weighted by Crippen LogP contribution is -2.33. The number of hydrogen-bond donors (Lipinski definition) is 0. The molecule has 0 aromatic heterocycles. The Morgan fingerprint density at radius 3 is 2.17 bits per heavy atom. The molecule has 0 spiro atoms. The summed E-state index contributed by atoms with van der Waals surface area (Å²) in [5.74, 6) is -0.0969. The fourth-order valence-electron chi connectivity index (χ4n) is 2.29. The van der Waals surface area contributed by atoms with Crippen LogP contribution in [0.3, 0.4) is 0 Å². The molecule has 0 aliphatic carbocycles. The van der Waals surface area contributed by atoms with Crippen LogP contribution in [0.4, 0.5) is 0 Å². The van der Waals surface area contributed by atoms with Crippen molar-refractivity contribution in [2.45, 2.75) is 19.9 Å². The van der Waals surface area contributed by atoms with Crippen molar-refractivity contribution in [2.24, 2.45) is 0 Å². The predicted molar refractivity (Wildman–Crippen MR) is 88.1 cm³/mol. The van der Waals surface area contributed by atoms with Crippen molar-refractivity contribution < 1.29 is 14.4 Å². The third kappa shape index (κ3) is 4.88. The van der Waals surface area contributed by atoms with Crippen LogP contribution in [0.2, 0.25) is 0 Å². The normalized spacial score (nSPS) is 10.1. The van der Waals surface area contributed by atoms with Gasteiger partial charge in [-0.1, -0.05) is 54.6 Å². The van der Waals surface area contributed by atoms with E-state index in [4.69, 9.17) is 0 Å². The summed E-state index contributed by atoms with van der Waals surface area (Å²) in [6, 6.07) is 16.5. The molecule has 0 saturated carbocycles. The largest absolute Gasteiger partial charge is 0.331 e. The summed E-state index contributed by atoms with van der Waals surface area (Å²) in [4.78, 5) is 36.1. The van der Waals surface area contributed by atoms with E-state index in [9.17, 15) is 14.4 Å². The Morgan fingerprint density at radius 2 is 1.61 bits per heavy atom. The third-order valence-electron chi connectivity index (χ3n) is 3.58. The second kappa shape index (κ2) is 8.03. The molecule has 0 atom stereocenters. The Morgan fingerprint density at radius 1 is 0.957 bits per heavy atom. The molecule has 2 aromatic rings. The maximum absolute atomic E-state index is 12.4. The minimum Gasteiger partial charge on any atom is -0.331 e. The molecule has 0 aliphatic rings. The van der Waals surface area contributed by atoms with Crippen molar-refractivity contribution >= 4 is 18.0 Å². The van der Waals surface area contributed by atoms with E-state index in [1.807, 2.05) is 42.5 Å². The minimum absolute atomic E-state index is 0.00134. The molecular weight excluding hydrogens is 290 g/mol. The maximum Gasteiger partial charge on any atom is 0.227 e. The van der Waals surface area contributed by atoms with E-state index in [0.29, 0.717) is 12.1 Å². The zero-order chi connectivity index (χ0) is 16.7. The lowest BCUT2D eigenvalue weighted by atomic mass is 10.1. The van der Waals surface area contributed by atoms with Crippen LogP contribution in [0.5, 0.6) is 0 Å². The Kier molecular flexibility index (Phi) is 5.80. The van der Waals surface area contributed by atoms with E-state index in [-0.39, 0.29) is 24.7 Å². The monoisotopic (exact) mass is 309 g/mol. The molecule has 1 amide bonds. The quantitative estimate of drug-likeness (QED) is 0.583. The molecule has 0 saturated heterocycles. The Hall–Kier alpha value is -2.75. The van der Waals surface area contributed by atoms with Crippen LogP contribution in [0.25, 0.3) is 0 Å². The lowest BCUT2D eigenvalue weighted by Gasteiger charge is -2.20. The van der Waals surface area contributed by atoms with Crippen LogP contribution in [0.15, 0.2) is 54.6 Å². The fraction of sp³-hybridized carbons (Fsp3) is 0.211. The van der Waals surface area contributed by atoms with Crippen molar-refractivity contribution in [1.82, 2.24) is 4.90 Å². The Labute approximate surface area is 135 Å². The van der Waals surface area contributed by atoms with Gasteiger partial charge in [0, 0.05) is 12.1 Å². The summed E-state index contributed by atoms with van der Waals surface area (Å²) in [6.45, 7) is 1.92. The Bertz CT molecular complexity index is 678. The van der Waals surface area contributed by atoms with Gasteiger partial charge in [-0.2, -0.15) is 0 Å². The highest BCUT2D eigenvalue weighted by atomic mass is 16.2. The molecule has 118 valence electrons. The van der Waals surface area contributed by atoms with E-state index >= 15 is 0 Å². The molecule has 0 bridgehead atoms. The van der Waals surface area contributed by atoms with Crippen LogP contribution in [-0.4, -0.2) is 29.4 Å². The summed E-state index contributed by atoms with van der Waals surface area (Å²) in [5, 5.41) is 0.